The zero-order valence-electron chi connectivity index (χ0n) is 10.8. The average Bonchev–Trinajstić information content (AvgIpc) is 2.75. The van der Waals surface area contributed by atoms with Gasteiger partial charge < -0.3 is 10.2 Å². The highest BCUT2D eigenvalue weighted by atomic mass is 32.2. The second kappa shape index (κ2) is 5.20. The average molecular weight is 303 g/mol. The molecule has 1 amide bonds. The van der Waals surface area contributed by atoms with Crippen molar-refractivity contribution in [2.45, 2.75) is 30.1 Å². The van der Waals surface area contributed by atoms with Gasteiger partial charge in [0.15, 0.2) is 0 Å². The largest absolute Gasteiger partial charge is 0.336 e. The predicted molar refractivity (Wildman–Crippen MR) is 73.7 cm³/mol. The summed E-state index contributed by atoms with van der Waals surface area (Å²) in [6, 6.07) is 1.80. The van der Waals surface area contributed by atoms with E-state index in [2.05, 4.69) is 5.32 Å². The van der Waals surface area contributed by atoms with Crippen LogP contribution >= 0.6 is 11.3 Å². The summed E-state index contributed by atoms with van der Waals surface area (Å²) in [6.07, 6.45) is 0. The molecule has 2 heterocycles. The second-order valence-electron chi connectivity index (χ2n) is 4.88. The number of hydrogen-bond acceptors (Lipinski definition) is 5. The molecule has 0 spiro atoms. The summed E-state index contributed by atoms with van der Waals surface area (Å²) in [7, 11) is -3.73. The molecule has 6 nitrogen and oxygen atoms in total. The Morgan fingerprint density at radius 1 is 1.42 bits per heavy atom. The van der Waals surface area contributed by atoms with Crippen molar-refractivity contribution in [1.82, 2.24) is 10.2 Å². The maximum absolute atomic E-state index is 12.3. The molecule has 106 valence electrons. The summed E-state index contributed by atoms with van der Waals surface area (Å²) in [5, 5.41) is 9.92. The molecule has 1 aromatic heterocycles. The van der Waals surface area contributed by atoms with Gasteiger partial charge in [0.1, 0.15) is 4.21 Å². The Balaban J connectivity index is 2.18. The minimum absolute atomic E-state index is 0.0204. The van der Waals surface area contributed by atoms with Crippen LogP contribution in [0.15, 0.2) is 15.7 Å². The molecule has 19 heavy (non-hydrogen) atoms. The monoisotopic (exact) mass is 303 g/mol. The Kier molecular flexibility index (Phi) is 3.95. The summed E-state index contributed by atoms with van der Waals surface area (Å²) in [6.45, 7) is 5.26. The van der Waals surface area contributed by atoms with E-state index in [4.69, 9.17) is 5.14 Å². The van der Waals surface area contributed by atoms with Gasteiger partial charge in [-0.15, -0.1) is 11.3 Å². The van der Waals surface area contributed by atoms with Crippen molar-refractivity contribution < 1.29 is 13.2 Å². The van der Waals surface area contributed by atoms with Crippen molar-refractivity contribution in [2.24, 2.45) is 5.14 Å². The Labute approximate surface area is 116 Å². The van der Waals surface area contributed by atoms with Gasteiger partial charge in [0.2, 0.25) is 10.0 Å². The number of thiophene rings is 1. The molecule has 1 aliphatic rings. The number of primary sulfonamides is 1. The summed E-state index contributed by atoms with van der Waals surface area (Å²) < 4.78 is 22.4. The van der Waals surface area contributed by atoms with Gasteiger partial charge >= 0.3 is 0 Å². The number of carbonyl (C=O) groups is 1. The molecule has 1 aromatic rings. The molecule has 0 bridgehead atoms. The van der Waals surface area contributed by atoms with Crippen LogP contribution in [0.3, 0.4) is 0 Å². The van der Waals surface area contributed by atoms with Crippen molar-refractivity contribution in [3.8, 4) is 0 Å². The van der Waals surface area contributed by atoms with Crippen molar-refractivity contribution in [3.05, 3.63) is 17.0 Å². The molecule has 0 saturated carbocycles. The second-order valence-corrected chi connectivity index (χ2v) is 7.58. The number of sulfonamides is 1. The first-order valence-electron chi connectivity index (χ1n) is 5.94. The smallest absolute Gasteiger partial charge is 0.254 e. The van der Waals surface area contributed by atoms with E-state index in [9.17, 15) is 13.2 Å². The van der Waals surface area contributed by atoms with Crippen molar-refractivity contribution in [3.63, 3.8) is 0 Å². The van der Waals surface area contributed by atoms with Crippen LogP contribution in [0.25, 0.3) is 0 Å². The Morgan fingerprint density at radius 2 is 2.00 bits per heavy atom. The van der Waals surface area contributed by atoms with Gasteiger partial charge in [0, 0.05) is 30.6 Å². The van der Waals surface area contributed by atoms with Gasteiger partial charge in [-0.1, -0.05) is 0 Å². The number of nitrogens with zero attached hydrogens (tertiary/aromatic N) is 1. The van der Waals surface area contributed by atoms with Crippen LogP contribution in [0.4, 0.5) is 0 Å². The van der Waals surface area contributed by atoms with Crippen LogP contribution in [-0.4, -0.2) is 44.4 Å². The molecule has 8 heteroatoms. The van der Waals surface area contributed by atoms with E-state index in [0.29, 0.717) is 18.7 Å². The SMILES string of the molecule is CC1CN(C(=O)c2csc(S(N)(=O)=O)c2)CC(C)N1. The van der Waals surface area contributed by atoms with E-state index in [-0.39, 0.29) is 22.2 Å². The summed E-state index contributed by atoms with van der Waals surface area (Å²) in [5.74, 6) is -0.147. The van der Waals surface area contributed by atoms with Gasteiger partial charge in [-0.3, -0.25) is 4.79 Å². The molecule has 1 saturated heterocycles. The lowest BCUT2D eigenvalue weighted by Gasteiger charge is -2.36. The molecule has 1 fully saturated rings. The molecule has 2 atom stereocenters. The summed E-state index contributed by atoms with van der Waals surface area (Å²) >= 11 is 0.974. The van der Waals surface area contributed by atoms with Gasteiger partial charge in [-0.05, 0) is 19.9 Å². The molecule has 0 aliphatic carbocycles. The Morgan fingerprint density at radius 3 is 2.47 bits per heavy atom. The maximum atomic E-state index is 12.3. The Bertz CT molecular complexity index is 572. The summed E-state index contributed by atoms with van der Waals surface area (Å²) in [5.41, 5.74) is 0.385. The van der Waals surface area contributed by atoms with Gasteiger partial charge in [-0.25, -0.2) is 13.6 Å². The van der Waals surface area contributed by atoms with Gasteiger partial charge in [0.05, 0.1) is 5.56 Å². The zero-order chi connectivity index (χ0) is 14.2. The fraction of sp³-hybridized carbons (Fsp3) is 0.545. The molecule has 0 aromatic carbocycles. The van der Waals surface area contributed by atoms with Crippen molar-refractivity contribution in [2.75, 3.05) is 13.1 Å². The molecule has 2 unspecified atom stereocenters. The fourth-order valence-corrected chi connectivity index (χ4v) is 3.83. The van der Waals surface area contributed by atoms with Crippen molar-refractivity contribution >= 4 is 27.3 Å². The molecular weight excluding hydrogens is 286 g/mol. The van der Waals surface area contributed by atoms with Crippen LogP contribution in [0, 0.1) is 0 Å². The van der Waals surface area contributed by atoms with Crippen LogP contribution in [0.2, 0.25) is 0 Å². The van der Waals surface area contributed by atoms with Crippen molar-refractivity contribution in [1.29, 1.82) is 0 Å². The van der Waals surface area contributed by atoms with Gasteiger partial charge in [0.25, 0.3) is 5.91 Å². The minimum atomic E-state index is -3.73. The predicted octanol–water partition coefficient (Wildman–Crippen LogP) is 0.218. The molecular formula is C11H17N3O3S2. The van der Waals surface area contributed by atoms with E-state index in [0.717, 1.165) is 11.3 Å². The molecule has 0 radical (unpaired) electrons. The fourth-order valence-electron chi connectivity index (χ4n) is 2.25. The number of nitrogens with one attached hydrogen (secondary N) is 1. The standard InChI is InChI=1S/C11H17N3O3S2/c1-7-4-14(5-8(2)13-7)11(15)9-3-10(18-6-9)19(12,16)17/h3,6-8,13H,4-5H2,1-2H3,(H2,12,16,17). The number of rotatable bonds is 2. The lowest BCUT2D eigenvalue weighted by atomic mass is 10.1. The highest BCUT2D eigenvalue weighted by molar-refractivity contribution is 7.91. The summed E-state index contributed by atoms with van der Waals surface area (Å²) in [4.78, 5) is 14.0. The number of nitrogens with two attached hydrogens (primary N) is 1. The zero-order valence-corrected chi connectivity index (χ0v) is 12.4. The Hall–Kier alpha value is -0.960. The van der Waals surface area contributed by atoms with Crippen LogP contribution in [0.1, 0.15) is 24.2 Å². The molecule has 3 N–H and O–H groups in total. The van der Waals surface area contributed by atoms with E-state index < -0.39 is 10.0 Å². The van der Waals surface area contributed by atoms with E-state index in [1.807, 2.05) is 13.8 Å². The number of hydrogen-bond donors (Lipinski definition) is 2. The van der Waals surface area contributed by atoms with Crippen LogP contribution in [-0.2, 0) is 10.0 Å². The lowest BCUT2D eigenvalue weighted by molar-refractivity contribution is 0.0674. The normalized spacial score (nSPS) is 24.5. The first kappa shape index (κ1) is 14.4. The maximum Gasteiger partial charge on any atom is 0.254 e. The number of carbonyl (C=O) groups excluding carboxylic acids is 1. The highest BCUT2D eigenvalue weighted by Gasteiger charge is 2.26. The quantitative estimate of drug-likeness (QED) is 0.817. The molecule has 1 aliphatic heterocycles. The topological polar surface area (TPSA) is 92.5 Å². The van der Waals surface area contributed by atoms with E-state index >= 15 is 0 Å². The third-order valence-corrected chi connectivity index (χ3v) is 5.33. The minimum Gasteiger partial charge on any atom is -0.336 e. The number of amides is 1. The highest BCUT2D eigenvalue weighted by Crippen LogP contribution is 2.21. The van der Waals surface area contributed by atoms with Gasteiger partial charge in [-0.2, -0.15) is 0 Å². The van der Waals surface area contributed by atoms with Crippen LogP contribution < -0.4 is 10.5 Å². The number of piperazine rings is 1. The van der Waals surface area contributed by atoms with E-state index in [1.54, 1.807) is 10.3 Å². The third-order valence-electron chi connectivity index (χ3n) is 2.95. The van der Waals surface area contributed by atoms with Crippen LogP contribution in [0.5, 0.6) is 0 Å². The first-order chi connectivity index (χ1) is 8.77. The van der Waals surface area contributed by atoms with E-state index in [1.165, 1.54) is 6.07 Å². The molecule has 2 rings (SSSR count). The lowest BCUT2D eigenvalue weighted by Crippen LogP contribution is -2.55. The third kappa shape index (κ3) is 3.33. The first-order valence-corrected chi connectivity index (χ1v) is 8.36.